The molecule has 1 aromatic heterocycles. The fraction of sp³-hybridized carbons (Fsp3) is 0.250. The minimum atomic E-state index is -3.59. The van der Waals surface area contributed by atoms with Gasteiger partial charge in [0.2, 0.25) is 10.0 Å². The second-order valence-electron chi connectivity index (χ2n) is 9.61. The first-order chi connectivity index (χ1) is 16.7. The molecule has 6 nitrogen and oxygen atoms in total. The van der Waals surface area contributed by atoms with Gasteiger partial charge in [0.25, 0.3) is 0 Å². The van der Waals surface area contributed by atoms with E-state index in [2.05, 4.69) is 45.3 Å². The quantitative estimate of drug-likeness (QED) is 0.327. The summed E-state index contributed by atoms with van der Waals surface area (Å²) in [6, 6.07) is 22.4. The van der Waals surface area contributed by atoms with Crippen LogP contribution in [0.4, 0.5) is 0 Å². The second-order valence-corrected chi connectivity index (χ2v) is 11.2. The normalized spacial score (nSPS) is 12.4. The van der Waals surface area contributed by atoms with Gasteiger partial charge in [-0.15, -0.1) is 0 Å². The van der Waals surface area contributed by atoms with Gasteiger partial charge in [-0.25, -0.2) is 13.1 Å². The van der Waals surface area contributed by atoms with Crippen LogP contribution < -0.4 is 9.46 Å². The molecule has 0 unspecified atom stereocenters. The molecule has 182 valence electrons. The predicted molar refractivity (Wildman–Crippen MR) is 142 cm³/mol. The maximum atomic E-state index is 12.5. The van der Waals surface area contributed by atoms with Gasteiger partial charge in [-0.3, -0.25) is 5.10 Å². The molecule has 35 heavy (non-hydrogen) atoms. The van der Waals surface area contributed by atoms with Crippen LogP contribution in [0.5, 0.6) is 5.75 Å². The van der Waals surface area contributed by atoms with E-state index in [1.165, 1.54) is 21.7 Å². The SMILES string of the molecule is CC(C)(C)NS(=O)(=O)/C=C/c1ccc(Cc2ccn[nH]2)cc1OCCc1ccc2ccccc2c1. The van der Waals surface area contributed by atoms with Gasteiger partial charge < -0.3 is 4.74 Å². The highest BCUT2D eigenvalue weighted by atomic mass is 32.2. The Hall–Kier alpha value is -3.42. The van der Waals surface area contributed by atoms with Gasteiger partial charge in [0.05, 0.1) is 6.61 Å². The molecule has 0 aliphatic carbocycles. The van der Waals surface area contributed by atoms with Crippen molar-refractivity contribution >= 4 is 26.9 Å². The Morgan fingerprint density at radius 1 is 0.971 bits per heavy atom. The van der Waals surface area contributed by atoms with E-state index in [9.17, 15) is 8.42 Å². The number of aromatic nitrogens is 2. The van der Waals surface area contributed by atoms with Crippen molar-refractivity contribution in [3.05, 3.63) is 101 Å². The van der Waals surface area contributed by atoms with Gasteiger partial charge in [0.15, 0.2) is 0 Å². The molecule has 4 aromatic rings. The molecular weight excluding hydrogens is 458 g/mol. The van der Waals surface area contributed by atoms with Crippen LogP contribution in [0.3, 0.4) is 0 Å². The van der Waals surface area contributed by atoms with Crippen LogP contribution in [0.15, 0.2) is 78.3 Å². The Labute approximate surface area is 207 Å². The Morgan fingerprint density at radius 2 is 1.74 bits per heavy atom. The number of sulfonamides is 1. The number of rotatable bonds is 9. The van der Waals surface area contributed by atoms with E-state index in [1.54, 1.807) is 12.3 Å². The van der Waals surface area contributed by atoms with E-state index in [0.29, 0.717) is 24.3 Å². The van der Waals surface area contributed by atoms with Crippen molar-refractivity contribution in [2.75, 3.05) is 6.61 Å². The zero-order valence-corrected chi connectivity index (χ0v) is 21.1. The minimum absolute atomic E-state index is 0.472. The van der Waals surface area contributed by atoms with Gasteiger partial charge in [-0.1, -0.05) is 54.6 Å². The Balaban J connectivity index is 1.53. The molecule has 0 aliphatic heterocycles. The van der Waals surface area contributed by atoms with Crippen molar-refractivity contribution in [3.8, 4) is 5.75 Å². The lowest BCUT2D eigenvalue weighted by Gasteiger charge is -2.18. The first kappa shape index (κ1) is 24.7. The number of nitrogens with zero attached hydrogens (tertiary/aromatic N) is 1. The first-order valence-corrected chi connectivity index (χ1v) is 13.2. The lowest BCUT2D eigenvalue weighted by atomic mass is 10.1. The van der Waals surface area contributed by atoms with E-state index in [4.69, 9.17) is 4.74 Å². The number of ether oxygens (including phenoxy) is 1. The highest BCUT2D eigenvalue weighted by Crippen LogP contribution is 2.25. The highest BCUT2D eigenvalue weighted by molar-refractivity contribution is 7.92. The van der Waals surface area contributed by atoms with E-state index in [-0.39, 0.29) is 0 Å². The summed E-state index contributed by atoms with van der Waals surface area (Å²) >= 11 is 0. The molecule has 3 aromatic carbocycles. The van der Waals surface area contributed by atoms with Crippen molar-refractivity contribution in [2.45, 2.75) is 39.2 Å². The summed E-state index contributed by atoms with van der Waals surface area (Å²) < 4.78 is 33.8. The molecule has 0 radical (unpaired) electrons. The maximum absolute atomic E-state index is 12.5. The Morgan fingerprint density at radius 3 is 2.49 bits per heavy atom. The van der Waals surface area contributed by atoms with Crippen LogP contribution in [0.2, 0.25) is 0 Å². The topological polar surface area (TPSA) is 84.1 Å². The number of aromatic amines is 1. The number of hydrogen-bond acceptors (Lipinski definition) is 4. The van der Waals surface area contributed by atoms with E-state index in [0.717, 1.165) is 17.7 Å². The van der Waals surface area contributed by atoms with Crippen molar-refractivity contribution in [3.63, 3.8) is 0 Å². The van der Waals surface area contributed by atoms with Gasteiger partial charge >= 0.3 is 0 Å². The number of H-pyrrole nitrogens is 1. The van der Waals surface area contributed by atoms with E-state index < -0.39 is 15.6 Å². The van der Waals surface area contributed by atoms with Gasteiger partial charge in [0, 0.05) is 41.2 Å². The van der Waals surface area contributed by atoms with Crippen molar-refractivity contribution < 1.29 is 13.2 Å². The van der Waals surface area contributed by atoms with Crippen molar-refractivity contribution in [2.24, 2.45) is 0 Å². The molecule has 7 heteroatoms. The summed E-state index contributed by atoms with van der Waals surface area (Å²) in [6.07, 6.45) is 4.72. The van der Waals surface area contributed by atoms with E-state index >= 15 is 0 Å². The molecule has 4 rings (SSSR count). The maximum Gasteiger partial charge on any atom is 0.234 e. The summed E-state index contributed by atoms with van der Waals surface area (Å²) in [7, 11) is -3.59. The molecule has 0 atom stereocenters. The smallest absolute Gasteiger partial charge is 0.234 e. The Bertz CT molecular complexity index is 1420. The number of fused-ring (bicyclic) bond motifs is 1. The molecule has 0 saturated heterocycles. The third kappa shape index (κ3) is 7.28. The summed E-state index contributed by atoms with van der Waals surface area (Å²) in [5.74, 6) is 0.644. The zero-order valence-electron chi connectivity index (χ0n) is 20.3. The highest BCUT2D eigenvalue weighted by Gasteiger charge is 2.17. The third-order valence-corrected chi connectivity index (χ3v) is 6.76. The van der Waals surface area contributed by atoms with Crippen LogP contribution in [0.25, 0.3) is 16.8 Å². The average Bonchev–Trinajstić information content (AvgIpc) is 3.30. The fourth-order valence-electron chi connectivity index (χ4n) is 3.85. The zero-order chi connectivity index (χ0) is 24.9. The number of hydrogen-bond donors (Lipinski definition) is 2. The number of benzene rings is 3. The minimum Gasteiger partial charge on any atom is -0.493 e. The molecular formula is C28H31N3O3S. The average molecular weight is 490 g/mol. The number of nitrogens with one attached hydrogen (secondary N) is 2. The predicted octanol–water partition coefficient (Wildman–Crippen LogP) is 5.46. The van der Waals surface area contributed by atoms with Crippen LogP contribution >= 0.6 is 0 Å². The largest absolute Gasteiger partial charge is 0.493 e. The van der Waals surface area contributed by atoms with E-state index in [1.807, 2.05) is 57.2 Å². The molecule has 2 N–H and O–H groups in total. The van der Waals surface area contributed by atoms with Crippen LogP contribution in [-0.2, 0) is 22.9 Å². The summed E-state index contributed by atoms with van der Waals surface area (Å²) in [5.41, 5.74) is 3.37. The standard InChI is InChI=1S/C28H31N3O3S/c1-28(2,3)31-35(32,33)17-14-24-11-9-22(19-26-12-15-29-30-26)20-27(24)34-16-13-21-8-10-23-6-4-5-7-25(23)18-21/h4-12,14-15,17-18,20,31H,13,16,19H2,1-3H3,(H,29,30)/b17-14+. The summed E-state index contributed by atoms with van der Waals surface area (Å²) in [6.45, 7) is 5.90. The van der Waals surface area contributed by atoms with Gasteiger partial charge in [-0.05, 0) is 60.9 Å². The fourth-order valence-corrected chi connectivity index (χ4v) is 5.10. The monoisotopic (exact) mass is 489 g/mol. The van der Waals surface area contributed by atoms with Gasteiger partial charge in [0.1, 0.15) is 5.75 Å². The molecule has 0 spiro atoms. The Kier molecular flexibility index (Phi) is 7.38. The summed E-state index contributed by atoms with van der Waals surface area (Å²) in [5, 5.41) is 10.6. The third-order valence-electron chi connectivity index (χ3n) is 5.37. The van der Waals surface area contributed by atoms with Crippen LogP contribution in [0.1, 0.15) is 43.2 Å². The van der Waals surface area contributed by atoms with Crippen molar-refractivity contribution in [1.82, 2.24) is 14.9 Å². The van der Waals surface area contributed by atoms with Crippen molar-refractivity contribution in [1.29, 1.82) is 0 Å². The van der Waals surface area contributed by atoms with Crippen LogP contribution in [-0.4, -0.2) is 30.8 Å². The molecule has 0 amide bonds. The first-order valence-electron chi connectivity index (χ1n) is 11.6. The molecule has 0 aliphatic rings. The molecule has 1 heterocycles. The molecule has 0 fully saturated rings. The summed E-state index contributed by atoms with van der Waals surface area (Å²) in [4.78, 5) is 0. The molecule has 0 saturated carbocycles. The molecule has 0 bridgehead atoms. The van der Waals surface area contributed by atoms with Crippen LogP contribution in [0, 0.1) is 0 Å². The lowest BCUT2D eigenvalue weighted by molar-refractivity contribution is 0.321. The second kappa shape index (κ2) is 10.5. The lowest BCUT2D eigenvalue weighted by Crippen LogP contribution is -2.39. The van der Waals surface area contributed by atoms with Gasteiger partial charge in [-0.2, -0.15) is 5.10 Å².